The molecule has 2 aromatic carbocycles. The van der Waals surface area contributed by atoms with Gasteiger partial charge in [0.25, 0.3) is 6.43 Å². The van der Waals surface area contributed by atoms with Crippen molar-refractivity contribution in [3.05, 3.63) is 52.9 Å². The van der Waals surface area contributed by atoms with Crippen LogP contribution in [0.25, 0.3) is 11.0 Å². The Kier molecular flexibility index (Phi) is 9.84. The third-order valence-electron chi connectivity index (χ3n) is 8.83. The second-order valence-electron chi connectivity index (χ2n) is 12.1. The summed E-state index contributed by atoms with van der Waals surface area (Å²) in [6, 6.07) is 8.15. The number of nitrogens with zero attached hydrogens (tertiary/aromatic N) is 7. The molecule has 0 bridgehead atoms. The van der Waals surface area contributed by atoms with Crippen molar-refractivity contribution in [3.63, 3.8) is 0 Å². The van der Waals surface area contributed by atoms with E-state index in [0.717, 1.165) is 48.0 Å². The molecule has 10 nitrogen and oxygen atoms in total. The Labute approximate surface area is 277 Å². The highest BCUT2D eigenvalue weighted by molar-refractivity contribution is 9.10. The van der Waals surface area contributed by atoms with E-state index in [-0.39, 0.29) is 11.5 Å². The highest BCUT2D eigenvalue weighted by atomic mass is 79.9. The quantitative estimate of drug-likeness (QED) is 0.185. The number of piperidine rings is 1. The average Bonchev–Trinajstić information content (AvgIpc) is 3.01. The van der Waals surface area contributed by atoms with Crippen LogP contribution in [0.5, 0.6) is 5.75 Å². The Hall–Kier alpha value is -3.25. The largest absolute Gasteiger partial charge is 0.494 e. The van der Waals surface area contributed by atoms with Gasteiger partial charge in [-0.2, -0.15) is 4.98 Å². The van der Waals surface area contributed by atoms with E-state index in [2.05, 4.69) is 88.6 Å². The number of likely N-dealkylation sites (N-methyl/N-ethyl adjacent to an activating group) is 1. The molecule has 2 aliphatic heterocycles. The zero-order chi connectivity index (χ0) is 32.5. The molecule has 0 amide bonds. The average molecular weight is 715 g/mol. The van der Waals surface area contributed by atoms with E-state index >= 15 is 0 Å². The Bertz CT molecular complexity index is 1700. The van der Waals surface area contributed by atoms with Crippen molar-refractivity contribution in [1.82, 2.24) is 29.7 Å². The molecular formula is C32H39BrF2N9OP. The van der Waals surface area contributed by atoms with Crippen LogP contribution in [0.15, 0.2) is 47.3 Å². The first-order valence-corrected chi connectivity index (χ1v) is 18.3. The number of likely N-dealkylation sites (tertiary alicyclic amines) is 1. The smallest absolute Gasteiger partial charge is 0.265 e. The fourth-order valence-corrected chi connectivity index (χ4v) is 7.72. The fourth-order valence-electron chi connectivity index (χ4n) is 6.22. The van der Waals surface area contributed by atoms with E-state index in [1.807, 2.05) is 12.1 Å². The highest BCUT2D eigenvalue weighted by Gasteiger charge is 2.35. The number of halogens is 3. The van der Waals surface area contributed by atoms with Crippen molar-refractivity contribution in [1.29, 1.82) is 0 Å². The number of anilines is 5. The predicted octanol–water partition coefficient (Wildman–Crippen LogP) is 6.20. The number of hydrogen-bond donors (Lipinski definition) is 2. The van der Waals surface area contributed by atoms with E-state index in [1.165, 1.54) is 13.2 Å². The lowest BCUT2D eigenvalue weighted by Crippen LogP contribution is -2.62. The summed E-state index contributed by atoms with van der Waals surface area (Å²) < 4.78 is 35.4. The molecule has 46 heavy (non-hydrogen) atoms. The van der Waals surface area contributed by atoms with Crippen LogP contribution in [0.2, 0.25) is 0 Å². The van der Waals surface area contributed by atoms with Crippen molar-refractivity contribution in [2.75, 3.05) is 76.2 Å². The van der Waals surface area contributed by atoms with Crippen LogP contribution < -0.4 is 25.6 Å². The molecule has 6 rings (SSSR count). The summed E-state index contributed by atoms with van der Waals surface area (Å²) in [5.74, 6) is 1.20. The van der Waals surface area contributed by atoms with Crippen molar-refractivity contribution in [2.45, 2.75) is 31.4 Å². The van der Waals surface area contributed by atoms with Crippen LogP contribution >= 0.6 is 23.9 Å². The lowest BCUT2D eigenvalue weighted by atomic mass is 9.96. The standard InChI is InChI=1S/C32H39BrF2N9OP/c1-42(2)20-17-44(18-20)19-8-12-43(13-9-19)26-15-27(45-3)25(14-21(26)30(34)35)40-32-38-16-22(33)31(41-32)39-24-7-6-23-28(29(24)46(4)5)37-11-10-36-23/h6-7,10-11,14-16,19-20,30H,8-9,12-13,17-18H2,1-5H3,(H2,38,39,40,41). The maximum absolute atomic E-state index is 14.5. The molecule has 4 aromatic rings. The van der Waals surface area contributed by atoms with Crippen LogP contribution in [0.4, 0.5) is 37.6 Å². The third-order valence-corrected chi connectivity index (χ3v) is 10.8. The lowest BCUT2D eigenvalue weighted by Gasteiger charge is -2.49. The van der Waals surface area contributed by atoms with E-state index in [0.29, 0.717) is 52.6 Å². The summed E-state index contributed by atoms with van der Waals surface area (Å²) in [4.78, 5) is 25.0. The number of hydrogen-bond acceptors (Lipinski definition) is 10. The first-order valence-electron chi connectivity index (χ1n) is 15.3. The van der Waals surface area contributed by atoms with Crippen molar-refractivity contribution in [2.24, 2.45) is 0 Å². The van der Waals surface area contributed by atoms with E-state index in [1.54, 1.807) is 24.7 Å². The number of fused-ring (bicyclic) bond motifs is 1. The Morgan fingerprint density at radius 1 is 1.02 bits per heavy atom. The maximum atomic E-state index is 14.5. The van der Waals surface area contributed by atoms with Crippen molar-refractivity contribution in [3.8, 4) is 5.75 Å². The third kappa shape index (κ3) is 6.74. The first-order chi connectivity index (χ1) is 22.1. The van der Waals surface area contributed by atoms with Crippen LogP contribution in [0.3, 0.4) is 0 Å². The summed E-state index contributed by atoms with van der Waals surface area (Å²) in [5.41, 5.74) is 3.37. The van der Waals surface area contributed by atoms with Gasteiger partial charge in [0, 0.05) is 85.2 Å². The van der Waals surface area contributed by atoms with Gasteiger partial charge in [0.1, 0.15) is 11.6 Å². The van der Waals surface area contributed by atoms with Gasteiger partial charge < -0.3 is 25.2 Å². The second-order valence-corrected chi connectivity index (χ2v) is 15.2. The second kappa shape index (κ2) is 13.9. The van der Waals surface area contributed by atoms with Crippen LogP contribution in [-0.2, 0) is 0 Å². The van der Waals surface area contributed by atoms with Gasteiger partial charge in [0.05, 0.1) is 28.3 Å². The van der Waals surface area contributed by atoms with Crippen LogP contribution in [0.1, 0.15) is 24.8 Å². The molecule has 2 saturated heterocycles. The minimum Gasteiger partial charge on any atom is -0.494 e. The topological polar surface area (TPSA) is 94.6 Å². The number of rotatable bonds is 10. The summed E-state index contributed by atoms with van der Waals surface area (Å²) in [6.45, 7) is 7.90. The van der Waals surface area contributed by atoms with Gasteiger partial charge in [-0.05, 0) is 74.4 Å². The van der Waals surface area contributed by atoms with E-state index in [4.69, 9.17) is 4.74 Å². The summed E-state index contributed by atoms with van der Waals surface area (Å²) >= 11 is 3.56. The Balaban J connectivity index is 1.22. The monoisotopic (exact) mass is 713 g/mol. The van der Waals surface area contributed by atoms with Crippen LogP contribution in [0, 0.1) is 0 Å². The van der Waals surface area contributed by atoms with Gasteiger partial charge in [-0.15, -0.1) is 0 Å². The predicted molar refractivity (Wildman–Crippen MR) is 186 cm³/mol. The molecule has 0 saturated carbocycles. The van der Waals surface area contributed by atoms with E-state index < -0.39 is 14.3 Å². The van der Waals surface area contributed by atoms with Gasteiger partial charge in [-0.25, -0.2) is 13.8 Å². The molecule has 244 valence electrons. The molecule has 0 aliphatic carbocycles. The van der Waals surface area contributed by atoms with Crippen molar-refractivity contribution >= 4 is 69.0 Å². The molecule has 0 unspecified atom stereocenters. The minimum absolute atomic E-state index is 0.0463. The van der Waals surface area contributed by atoms with Gasteiger partial charge in [-0.3, -0.25) is 14.9 Å². The summed E-state index contributed by atoms with van der Waals surface area (Å²) in [7, 11) is 5.23. The summed E-state index contributed by atoms with van der Waals surface area (Å²) in [6.07, 6.45) is 4.22. The SMILES string of the molecule is COc1cc(N2CCC(N3CC(N(C)C)C3)CC2)c(C(F)F)cc1Nc1ncc(Br)c(Nc2ccc3nccnc3c2P(C)C)n1. The Morgan fingerprint density at radius 3 is 2.43 bits per heavy atom. The minimum atomic E-state index is -2.66. The zero-order valence-corrected chi connectivity index (χ0v) is 29.1. The molecule has 14 heteroatoms. The van der Waals surface area contributed by atoms with Crippen LogP contribution in [-0.4, -0.2) is 103 Å². The lowest BCUT2D eigenvalue weighted by molar-refractivity contribution is 0.0188. The summed E-state index contributed by atoms with van der Waals surface area (Å²) in [5, 5.41) is 7.63. The molecule has 2 fully saturated rings. The normalized spacial score (nSPS) is 16.5. The molecule has 2 aliphatic rings. The molecule has 0 radical (unpaired) electrons. The zero-order valence-electron chi connectivity index (χ0n) is 26.6. The number of benzene rings is 2. The van der Waals surface area contributed by atoms with Gasteiger partial charge >= 0.3 is 0 Å². The fraction of sp³-hybridized carbons (Fsp3) is 0.438. The van der Waals surface area contributed by atoms with Crippen molar-refractivity contribution < 1.29 is 13.5 Å². The molecule has 2 aromatic heterocycles. The molecule has 4 heterocycles. The number of ether oxygens (including phenoxy) is 1. The van der Waals surface area contributed by atoms with E-state index in [9.17, 15) is 8.78 Å². The first kappa shape index (κ1) is 32.7. The molecular weight excluding hydrogens is 675 g/mol. The number of nitrogens with one attached hydrogen (secondary N) is 2. The number of methoxy groups -OCH3 is 1. The Morgan fingerprint density at radius 2 is 1.76 bits per heavy atom. The van der Waals surface area contributed by atoms with Gasteiger partial charge in [-0.1, -0.05) is 7.92 Å². The van der Waals surface area contributed by atoms with Gasteiger partial charge in [0.15, 0.2) is 0 Å². The number of alkyl halides is 2. The number of aromatic nitrogens is 4. The molecule has 0 spiro atoms. The molecule has 2 N–H and O–H groups in total. The van der Waals surface area contributed by atoms with Gasteiger partial charge in [0.2, 0.25) is 5.95 Å². The molecule has 0 atom stereocenters. The maximum Gasteiger partial charge on any atom is 0.265 e. The highest BCUT2D eigenvalue weighted by Crippen LogP contribution is 2.41.